The summed E-state index contributed by atoms with van der Waals surface area (Å²) in [7, 11) is 0. The number of aromatic carboxylic acids is 2. The van der Waals surface area contributed by atoms with Gasteiger partial charge in [-0.3, -0.25) is 0 Å². The highest BCUT2D eigenvalue weighted by atomic mass is 16.5. The third kappa shape index (κ3) is 11.3. The van der Waals surface area contributed by atoms with Gasteiger partial charge in [-0.05, 0) is 39.5 Å². The van der Waals surface area contributed by atoms with Crippen molar-refractivity contribution < 1.29 is 57.8 Å². The van der Waals surface area contributed by atoms with Crippen molar-refractivity contribution in [2.24, 2.45) is 0 Å². The molecule has 4 aromatic carbocycles. The number of carboxylic acid groups (broad SMARTS) is 2. The van der Waals surface area contributed by atoms with E-state index in [0.29, 0.717) is 48.0 Å². The van der Waals surface area contributed by atoms with Crippen molar-refractivity contribution in [1.29, 1.82) is 0 Å². The Morgan fingerprint density at radius 3 is 0.893 bits per heavy atom. The number of esters is 2. The fourth-order valence-electron chi connectivity index (χ4n) is 5.83. The molecule has 56 heavy (non-hydrogen) atoms. The van der Waals surface area contributed by atoms with Gasteiger partial charge in [0.1, 0.15) is 45.3 Å². The van der Waals surface area contributed by atoms with Gasteiger partial charge in [0, 0.05) is 21.5 Å². The number of benzene rings is 4. The number of carbonyl (C=O) groups excluding carboxylic acids is 2. The molecule has 0 atom stereocenters. The second kappa shape index (κ2) is 23.4. The molecule has 12 heteroatoms. The number of rotatable bonds is 22. The molecule has 0 amide bonds. The van der Waals surface area contributed by atoms with Gasteiger partial charge in [0.25, 0.3) is 0 Å². The first-order chi connectivity index (χ1) is 27.1. The Balaban J connectivity index is 0.000000300. The Morgan fingerprint density at radius 1 is 0.429 bits per heavy atom. The zero-order valence-corrected chi connectivity index (χ0v) is 33.5. The van der Waals surface area contributed by atoms with Crippen molar-refractivity contribution in [3.63, 3.8) is 0 Å². The van der Waals surface area contributed by atoms with Crippen LogP contribution in [0.1, 0.15) is 134 Å². The molecule has 0 fully saturated rings. The molecule has 0 bridgehead atoms. The average Bonchev–Trinajstić information content (AvgIpc) is 3.18. The fraction of sp³-hybridized carbons (Fsp3) is 0.455. The molecular weight excluding hydrogens is 720 g/mol. The highest BCUT2D eigenvalue weighted by Crippen LogP contribution is 2.43. The predicted molar refractivity (Wildman–Crippen MR) is 215 cm³/mol. The average molecular weight is 777 g/mol. The zero-order valence-electron chi connectivity index (χ0n) is 33.5. The molecule has 0 aliphatic heterocycles. The second-order valence-corrected chi connectivity index (χ2v) is 12.8. The summed E-state index contributed by atoms with van der Waals surface area (Å²) in [5.41, 5.74) is -0.592. The molecule has 0 unspecified atom stereocenters. The molecule has 0 saturated carbocycles. The van der Waals surface area contributed by atoms with E-state index in [0.717, 1.165) is 51.4 Å². The van der Waals surface area contributed by atoms with E-state index in [1.165, 1.54) is 0 Å². The van der Waals surface area contributed by atoms with Crippen LogP contribution < -0.4 is 18.9 Å². The smallest absolute Gasteiger partial charge is 0.342 e. The number of carbonyl (C=O) groups is 4. The quantitative estimate of drug-likeness (QED) is 0.0574. The molecule has 0 saturated heterocycles. The van der Waals surface area contributed by atoms with Crippen molar-refractivity contribution in [2.45, 2.75) is 92.9 Å². The van der Waals surface area contributed by atoms with Gasteiger partial charge < -0.3 is 38.6 Å². The van der Waals surface area contributed by atoms with Gasteiger partial charge >= 0.3 is 23.9 Å². The Bertz CT molecular complexity index is 1790. The maximum absolute atomic E-state index is 12.7. The molecule has 304 valence electrons. The van der Waals surface area contributed by atoms with Crippen LogP contribution in [0.2, 0.25) is 0 Å². The Morgan fingerprint density at radius 2 is 0.679 bits per heavy atom. The summed E-state index contributed by atoms with van der Waals surface area (Å²) < 4.78 is 33.9. The summed E-state index contributed by atoms with van der Waals surface area (Å²) in [6, 6.07) is 14.4. The maximum atomic E-state index is 12.7. The lowest BCUT2D eigenvalue weighted by Gasteiger charge is -2.20. The van der Waals surface area contributed by atoms with Crippen LogP contribution in [0.4, 0.5) is 0 Å². The van der Waals surface area contributed by atoms with Crippen LogP contribution in [0.5, 0.6) is 23.0 Å². The van der Waals surface area contributed by atoms with Crippen molar-refractivity contribution >= 4 is 45.4 Å². The highest BCUT2D eigenvalue weighted by molar-refractivity contribution is 6.15. The minimum atomic E-state index is -1.25. The van der Waals surface area contributed by atoms with E-state index in [1.54, 1.807) is 50.2 Å². The van der Waals surface area contributed by atoms with E-state index in [2.05, 4.69) is 0 Å². The van der Waals surface area contributed by atoms with Crippen molar-refractivity contribution in [3.8, 4) is 23.0 Å². The third-order valence-corrected chi connectivity index (χ3v) is 8.60. The first-order valence-corrected chi connectivity index (χ1v) is 19.6. The molecule has 4 aromatic rings. The maximum Gasteiger partial charge on any atom is 0.342 e. The molecule has 0 spiro atoms. The predicted octanol–water partition coefficient (Wildman–Crippen LogP) is 10.1. The summed E-state index contributed by atoms with van der Waals surface area (Å²) in [4.78, 5) is 49.8. The van der Waals surface area contributed by atoms with Crippen LogP contribution in [0, 0.1) is 0 Å². The van der Waals surface area contributed by atoms with Crippen LogP contribution in [0.25, 0.3) is 21.5 Å². The largest absolute Gasteiger partial charge is 0.492 e. The topological polar surface area (TPSA) is 164 Å². The van der Waals surface area contributed by atoms with Gasteiger partial charge in [-0.25, -0.2) is 19.2 Å². The number of unbranched alkanes of at least 4 members (excludes halogenated alkanes) is 4. The molecule has 0 heterocycles. The van der Waals surface area contributed by atoms with Crippen LogP contribution in [-0.2, 0) is 9.47 Å². The van der Waals surface area contributed by atoms with Crippen LogP contribution >= 0.6 is 0 Å². The van der Waals surface area contributed by atoms with Crippen LogP contribution in [-0.4, -0.2) is 73.7 Å². The van der Waals surface area contributed by atoms with E-state index >= 15 is 0 Å². The fourth-order valence-corrected chi connectivity index (χ4v) is 5.83. The van der Waals surface area contributed by atoms with Crippen molar-refractivity contribution in [2.75, 3.05) is 39.6 Å². The van der Waals surface area contributed by atoms with Gasteiger partial charge in [0.05, 0.1) is 39.6 Å². The van der Waals surface area contributed by atoms with E-state index in [4.69, 9.17) is 28.4 Å². The molecule has 12 nitrogen and oxygen atoms in total. The summed E-state index contributed by atoms with van der Waals surface area (Å²) in [6.45, 7) is 13.2. The highest BCUT2D eigenvalue weighted by Gasteiger charge is 2.32. The number of carboxylic acids is 2. The summed E-state index contributed by atoms with van der Waals surface area (Å²) in [5.74, 6) is -3.10. The third-order valence-electron chi connectivity index (χ3n) is 8.60. The minimum Gasteiger partial charge on any atom is -0.492 e. The molecular formula is C44H56O12. The van der Waals surface area contributed by atoms with Crippen molar-refractivity contribution in [3.05, 3.63) is 70.8 Å². The molecule has 2 N–H and O–H groups in total. The number of hydrogen-bond donors (Lipinski definition) is 2. The lowest BCUT2D eigenvalue weighted by Crippen LogP contribution is -2.17. The lowest BCUT2D eigenvalue weighted by molar-refractivity contribution is 0.0503. The first kappa shape index (κ1) is 44.9. The normalized spacial score (nSPS) is 10.7. The number of fused-ring (bicyclic) bond motifs is 2. The van der Waals surface area contributed by atoms with Gasteiger partial charge in [-0.1, -0.05) is 102 Å². The molecule has 4 rings (SSSR count). The monoisotopic (exact) mass is 776 g/mol. The summed E-state index contributed by atoms with van der Waals surface area (Å²) in [6.07, 6.45) is 6.76. The van der Waals surface area contributed by atoms with Gasteiger partial charge in [0.2, 0.25) is 0 Å². The van der Waals surface area contributed by atoms with Gasteiger partial charge in [-0.2, -0.15) is 0 Å². The van der Waals surface area contributed by atoms with E-state index in [-0.39, 0.29) is 58.5 Å². The SMILES string of the molecule is CCCCOc1c(C(=O)O)c(C(=O)OCC)c(OCCCC)c2ccccc12.CCCCOc1c(C(=O)O)c(C(=O)OCC)c(OCCCC)c2ccccc12. The Hall–Kier alpha value is -5.52. The Kier molecular flexibility index (Phi) is 18.8. The zero-order chi connectivity index (χ0) is 41.0. The van der Waals surface area contributed by atoms with E-state index in [1.807, 2.05) is 39.8 Å². The number of hydrogen-bond acceptors (Lipinski definition) is 10. The summed E-state index contributed by atoms with van der Waals surface area (Å²) >= 11 is 0. The van der Waals surface area contributed by atoms with E-state index in [9.17, 15) is 29.4 Å². The molecule has 0 aliphatic carbocycles. The van der Waals surface area contributed by atoms with Gasteiger partial charge in [-0.15, -0.1) is 0 Å². The Labute approximate surface area is 329 Å². The minimum absolute atomic E-state index is 0.0874. The van der Waals surface area contributed by atoms with Gasteiger partial charge in [0.15, 0.2) is 0 Å². The molecule has 0 radical (unpaired) electrons. The van der Waals surface area contributed by atoms with Crippen LogP contribution in [0.3, 0.4) is 0 Å². The molecule has 0 aromatic heterocycles. The lowest BCUT2D eigenvalue weighted by atomic mass is 9.97. The molecule has 0 aliphatic rings. The van der Waals surface area contributed by atoms with E-state index < -0.39 is 23.9 Å². The van der Waals surface area contributed by atoms with Crippen molar-refractivity contribution in [1.82, 2.24) is 0 Å². The second-order valence-electron chi connectivity index (χ2n) is 12.8. The standard InChI is InChI=1S/2C22H28O6/c2*1-4-7-13-27-19-15-11-9-10-12-16(15)20(28-14-8-5-2)18(17(19)21(23)24)22(25)26-6-3/h2*9-12H,4-8,13-14H2,1-3H3,(H,23,24). The summed E-state index contributed by atoms with van der Waals surface area (Å²) in [5, 5.41) is 22.4. The first-order valence-electron chi connectivity index (χ1n) is 19.6. The number of ether oxygens (including phenoxy) is 6. The van der Waals surface area contributed by atoms with Crippen LogP contribution in [0.15, 0.2) is 48.5 Å².